The third kappa shape index (κ3) is 2.17. The van der Waals surface area contributed by atoms with Gasteiger partial charge in [0.2, 0.25) is 0 Å². The third-order valence-electron chi connectivity index (χ3n) is 5.57. The second-order valence-electron chi connectivity index (χ2n) is 6.61. The number of hydrogen-bond donors (Lipinski definition) is 1. The molecule has 1 aromatic heterocycles. The number of aromatic nitrogens is 2. The zero-order valence-electron chi connectivity index (χ0n) is 14.5. The van der Waals surface area contributed by atoms with E-state index in [4.69, 9.17) is 5.73 Å². The normalized spacial score (nSPS) is 24.5. The van der Waals surface area contributed by atoms with Crippen LogP contribution in [0.3, 0.4) is 0 Å². The second-order valence-corrected chi connectivity index (χ2v) is 6.61. The van der Waals surface area contributed by atoms with Crippen molar-refractivity contribution < 1.29 is 0 Å². The van der Waals surface area contributed by atoms with E-state index in [1.165, 1.54) is 0 Å². The van der Waals surface area contributed by atoms with Gasteiger partial charge in [-0.2, -0.15) is 20.9 Å². The number of rotatable bonds is 2. The van der Waals surface area contributed by atoms with Gasteiger partial charge >= 0.3 is 0 Å². The summed E-state index contributed by atoms with van der Waals surface area (Å²) < 4.78 is 1.86. The average Bonchev–Trinajstić information content (AvgIpc) is 3.01. The van der Waals surface area contributed by atoms with E-state index in [-0.39, 0.29) is 11.6 Å². The number of aryl methyl sites for hydroxylation is 1. The fourth-order valence-electron chi connectivity index (χ4n) is 4.30. The Bertz CT molecular complexity index is 882. The molecule has 25 heavy (non-hydrogen) atoms. The Labute approximate surface area is 147 Å². The molecule has 6 heteroatoms. The number of nitrogens with zero attached hydrogens (tertiary/aromatic N) is 5. The summed E-state index contributed by atoms with van der Waals surface area (Å²) in [6.45, 7) is 4.67. The molecule has 0 bridgehead atoms. The smallest absolute Gasteiger partial charge is 0.191 e. The fraction of sp³-hybridized carbons (Fsp3) is 0.474. The van der Waals surface area contributed by atoms with Crippen molar-refractivity contribution in [2.24, 2.45) is 17.1 Å². The Morgan fingerprint density at radius 2 is 2.08 bits per heavy atom. The van der Waals surface area contributed by atoms with Gasteiger partial charge in [-0.25, -0.2) is 0 Å². The number of nitrogens with two attached hydrogens (primary N) is 1. The number of nitriles is 3. The topological polar surface area (TPSA) is 115 Å². The summed E-state index contributed by atoms with van der Waals surface area (Å²) in [5.41, 5.74) is 7.82. The summed E-state index contributed by atoms with van der Waals surface area (Å²) in [5.74, 6) is -0.477. The molecule has 0 aromatic carbocycles. The maximum atomic E-state index is 9.96. The van der Waals surface area contributed by atoms with Crippen LogP contribution >= 0.6 is 0 Å². The largest absolute Gasteiger partial charge is 0.399 e. The molecule has 2 atom stereocenters. The second kappa shape index (κ2) is 6.11. The van der Waals surface area contributed by atoms with E-state index in [1.807, 2.05) is 24.6 Å². The van der Waals surface area contributed by atoms with Crippen molar-refractivity contribution in [3.63, 3.8) is 0 Å². The summed E-state index contributed by atoms with van der Waals surface area (Å²) in [6, 6.07) is 6.46. The van der Waals surface area contributed by atoms with Crippen molar-refractivity contribution >= 4 is 0 Å². The molecule has 0 amide bonds. The highest BCUT2D eigenvalue weighted by Gasteiger charge is 2.54. The molecule has 1 heterocycles. The van der Waals surface area contributed by atoms with Crippen molar-refractivity contribution in [1.82, 2.24) is 9.78 Å². The highest BCUT2D eigenvalue weighted by molar-refractivity contribution is 5.59. The average molecular weight is 332 g/mol. The van der Waals surface area contributed by atoms with E-state index >= 15 is 0 Å². The first kappa shape index (κ1) is 16.8. The number of fused-ring (bicyclic) bond motifs is 1. The van der Waals surface area contributed by atoms with E-state index in [1.54, 1.807) is 6.20 Å². The van der Waals surface area contributed by atoms with E-state index in [0.717, 1.165) is 36.1 Å². The van der Waals surface area contributed by atoms with Gasteiger partial charge in [0.1, 0.15) is 6.07 Å². The molecule has 0 spiro atoms. The first-order valence-corrected chi connectivity index (χ1v) is 8.51. The van der Waals surface area contributed by atoms with E-state index < -0.39 is 11.3 Å². The molecule has 6 nitrogen and oxygen atoms in total. The molecule has 0 saturated carbocycles. The Morgan fingerprint density at radius 1 is 1.36 bits per heavy atom. The van der Waals surface area contributed by atoms with E-state index in [0.29, 0.717) is 12.1 Å². The van der Waals surface area contributed by atoms with Gasteiger partial charge in [0.05, 0.1) is 29.6 Å². The summed E-state index contributed by atoms with van der Waals surface area (Å²) in [4.78, 5) is 0. The fourth-order valence-corrected chi connectivity index (χ4v) is 4.30. The van der Waals surface area contributed by atoms with Gasteiger partial charge in [0, 0.05) is 18.2 Å². The number of hydrogen-bond acceptors (Lipinski definition) is 5. The van der Waals surface area contributed by atoms with Gasteiger partial charge in [-0.15, -0.1) is 0 Å². The molecule has 2 aliphatic carbocycles. The van der Waals surface area contributed by atoms with Crippen LogP contribution in [0, 0.1) is 52.2 Å². The minimum atomic E-state index is -1.54. The monoisotopic (exact) mass is 332 g/mol. The molecule has 3 rings (SSSR count). The lowest BCUT2D eigenvalue weighted by molar-refractivity contribution is 0.316. The van der Waals surface area contributed by atoms with Gasteiger partial charge in [-0.1, -0.05) is 6.08 Å². The summed E-state index contributed by atoms with van der Waals surface area (Å²) in [6.07, 6.45) is 6.49. The predicted molar refractivity (Wildman–Crippen MR) is 91.3 cm³/mol. The standard InChI is InChI=1S/C19H20N6/c1-3-25-12(2)16(9-24-25)17-14-7-5-4-6-13(14)15(8-20)18(23)19(17,10-21)11-22/h6,9,14,17H,3-5,7,23H2,1-2H3/t14-,17+/m0/s1. The van der Waals surface area contributed by atoms with Crippen LogP contribution in [0.2, 0.25) is 0 Å². The van der Waals surface area contributed by atoms with Crippen LogP contribution in [0.15, 0.2) is 29.1 Å². The molecule has 0 saturated heterocycles. The zero-order valence-corrected chi connectivity index (χ0v) is 14.5. The van der Waals surface area contributed by atoms with Crippen LogP contribution in [-0.2, 0) is 6.54 Å². The maximum Gasteiger partial charge on any atom is 0.191 e. The lowest BCUT2D eigenvalue weighted by Crippen LogP contribution is -2.42. The van der Waals surface area contributed by atoms with E-state index in [2.05, 4.69) is 23.3 Å². The van der Waals surface area contributed by atoms with Crippen molar-refractivity contribution in [1.29, 1.82) is 15.8 Å². The first-order chi connectivity index (χ1) is 12.1. The van der Waals surface area contributed by atoms with Crippen LogP contribution in [-0.4, -0.2) is 9.78 Å². The van der Waals surface area contributed by atoms with Gasteiger partial charge in [0.25, 0.3) is 0 Å². The predicted octanol–water partition coefficient (Wildman–Crippen LogP) is 2.81. The molecule has 2 N–H and O–H groups in total. The van der Waals surface area contributed by atoms with Crippen LogP contribution in [0.1, 0.15) is 43.4 Å². The van der Waals surface area contributed by atoms with Crippen molar-refractivity contribution in [2.45, 2.75) is 45.6 Å². The van der Waals surface area contributed by atoms with Crippen LogP contribution in [0.5, 0.6) is 0 Å². The third-order valence-corrected chi connectivity index (χ3v) is 5.57. The lowest BCUT2D eigenvalue weighted by atomic mass is 9.57. The minimum absolute atomic E-state index is 0.0665. The minimum Gasteiger partial charge on any atom is -0.399 e. The van der Waals surface area contributed by atoms with Crippen molar-refractivity contribution in [3.05, 3.63) is 40.4 Å². The summed E-state index contributed by atoms with van der Waals surface area (Å²) >= 11 is 0. The molecular formula is C19H20N6. The molecule has 2 aliphatic rings. The zero-order chi connectivity index (χ0) is 18.2. The SMILES string of the molecule is CCn1ncc([C@H]2[C@H]3CCCC=C3C(C#N)=C(N)C2(C#N)C#N)c1C. The Hall–Kier alpha value is -3.04. The quantitative estimate of drug-likeness (QED) is 0.894. The summed E-state index contributed by atoms with van der Waals surface area (Å²) in [7, 11) is 0. The molecule has 0 aliphatic heterocycles. The van der Waals surface area contributed by atoms with Crippen molar-refractivity contribution in [2.75, 3.05) is 0 Å². The van der Waals surface area contributed by atoms with Gasteiger partial charge < -0.3 is 5.73 Å². The Balaban J connectivity index is 2.34. The first-order valence-electron chi connectivity index (χ1n) is 8.51. The molecule has 1 aromatic rings. The molecule has 126 valence electrons. The van der Waals surface area contributed by atoms with Gasteiger partial charge in [-0.3, -0.25) is 4.68 Å². The lowest BCUT2D eigenvalue weighted by Gasteiger charge is -2.43. The molecular weight excluding hydrogens is 312 g/mol. The van der Waals surface area contributed by atoms with Gasteiger partial charge in [-0.05, 0) is 50.2 Å². The molecule has 0 fully saturated rings. The van der Waals surface area contributed by atoms with E-state index in [9.17, 15) is 15.8 Å². The van der Waals surface area contributed by atoms with Crippen LogP contribution in [0.4, 0.5) is 0 Å². The Kier molecular flexibility index (Phi) is 4.11. The summed E-state index contributed by atoms with van der Waals surface area (Å²) in [5, 5.41) is 33.9. The highest BCUT2D eigenvalue weighted by atomic mass is 15.3. The van der Waals surface area contributed by atoms with Crippen LogP contribution in [0.25, 0.3) is 0 Å². The van der Waals surface area contributed by atoms with Gasteiger partial charge in [0.15, 0.2) is 5.41 Å². The number of allylic oxidation sites excluding steroid dienone is 4. The maximum absolute atomic E-state index is 9.96. The van der Waals surface area contributed by atoms with Crippen LogP contribution < -0.4 is 5.73 Å². The molecule has 0 radical (unpaired) electrons. The Morgan fingerprint density at radius 3 is 2.64 bits per heavy atom. The highest BCUT2D eigenvalue weighted by Crippen LogP contribution is 2.56. The van der Waals surface area contributed by atoms with Crippen molar-refractivity contribution in [3.8, 4) is 18.2 Å². The molecule has 0 unspecified atom stereocenters.